The Bertz CT molecular complexity index is 1260. The molecule has 1 fully saturated rings. The quantitative estimate of drug-likeness (QED) is 0.492. The summed E-state index contributed by atoms with van der Waals surface area (Å²) in [4.78, 5) is 11.3. The van der Waals surface area contributed by atoms with Crippen molar-refractivity contribution in [3.05, 3.63) is 42.4 Å². The summed E-state index contributed by atoms with van der Waals surface area (Å²) in [6.45, 7) is 1.90. The number of nitrogens with two attached hydrogens (primary N) is 1. The van der Waals surface area contributed by atoms with Gasteiger partial charge >= 0.3 is 0 Å². The molecule has 4 aromatic rings. The van der Waals surface area contributed by atoms with Gasteiger partial charge in [0.25, 0.3) is 0 Å². The summed E-state index contributed by atoms with van der Waals surface area (Å²) in [5.41, 5.74) is 10.2. The first-order valence-electron chi connectivity index (χ1n) is 10.6. The lowest BCUT2D eigenvalue weighted by Gasteiger charge is -2.29. The zero-order valence-corrected chi connectivity index (χ0v) is 18.2. The summed E-state index contributed by atoms with van der Waals surface area (Å²) >= 11 is 0. The Morgan fingerprint density at radius 1 is 1.25 bits per heavy atom. The van der Waals surface area contributed by atoms with Gasteiger partial charge in [-0.05, 0) is 51.2 Å². The lowest BCUT2D eigenvalue weighted by atomic mass is 10.0. The van der Waals surface area contributed by atoms with E-state index in [0.717, 1.165) is 37.1 Å². The number of oxazole rings is 1. The van der Waals surface area contributed by atoms with E-state index in [1.54, 1.807) is 13.3 Å². The summed E-state index contributed by atoms with van der Waals surface area (Å²) in [6.07, 6.45) is 5.74. The summed E-state index contributed by atoms with van der Waals surface area (Å²) in [7, 11) is 3.72. The van der Waals surface area contributed by atoms with Crippen LogP contribution in [0, 0.1) is 0 Å². The standard InChI is InChI=1S/C23H26N6O3/c1-28-8-6-15(7-9-28)29-12-17(19(13-30)27-29)14-10-16(22(24)25-11-14)23-26-18-4-3-5-20(31-2)21(18)32-23/h3-5,10-12,15,30H,6-9,13H2,1-2H3,(H2,24,25). The van der Waals surface area contributed by atoms with Crippen LogP contribution in [-0.2, 0) is 6.61 Å². The maximum absolute atomic E-state index is 9.95. The molecular formula is C23H26N6O3. The van der Waals surface area contributed by atoms with Gasteiger partial charge in [-0.3, -0.25) is 4.68 Å². The minimum Gasteiger partial charge on any atom is -0.493 e. The van der Waals surface area contributed by atoms with E-state index < -0.39 is 0 Å². The number of aliphatic hydroxyl groups excluding tert-OH is 1. The number of para-hydroxylation sites is 1. The molecule has 0 aliphatic carbocycles. The number of benzene rings is 1. The molecule has 32 heavy (non-hydrogen) atoms. The fourth-order valence-electron chi connectivity index (χ4n) is 4.23. The Kier molecular flexibility index (Phi) is 5.28. The van der Waals surface area contributed by atoms with Gasteiger partial charge in [-0.15, -0.1) is 0 Å². The van der Waals surface area contributed by atoms with Crippen LogP contribution in [0.25, 0.3) is 33.7 Å². The molecule has 4 heterocycles. The summed E-state index contributed by atoms with van der Waals surface area (Å²) in [6, 6.07) is 7.73. The highest BCUT2D eigenvalue weighted by Crippen LogP contribution is 2.35. The molecule has 1 aromatic carbocycles. The minimum atomic E-state index is -0.158. The van der Waals surface area contributed by atoms with Crippen LogP contribution in [-0.4, -0.2) is 57.0 Å². The number of nitrogen functional groups attached to an aromatic ring is 1. The van der Waals surface area contributed by atoms with Crippen LogP contribution in [0.15, 0.2) is 41.1 Å². The predicted octanol–water partition coefficient (Wildman–Crippen LogP) is 3.10. The highest BCUT2D eigenvalue weighted by atomic mass is 16.5. The van der Waals surface area contributed by atoms with Crippen molar-refractivity contribution in [3.8, 4) is 28.3 Å². The van der Waals surface area contributed by atoms with Crippen molar-refractivity contribution in [1.82, 2.24) is 24.6 Å². The monoisotopic (exact) mass is 434 g/mol. The molecule has 9 heteroatoms. The van der Waals surface area contributed by atoms with Gasteiger partial charge in [0, 0.05) is 23.5 Å². The molecule has 5 rings (SSSR count). The Balaban J connectivity index is 1.54. The van der Waals surface area contributed by atoms with Crippen molar-refractivity contribution in [2.75, 3.05) is 33.0 Å². The van der Waals surface area contributed by atoms with Crippen molar-refractivity contribution in [2.45, 2.75) is 25.5 Å². The molecule has 0 amide bonds. The van der Waals surface area contributed by atoms with Gasteiger partial charge in [0.15, 0.2) is 11.3 Å². The second-order valence-corrected chi connectivity index (χ2v) is 8.15. The maximum atomic E-state index is 9.95. The number of hydrogen-bond donors (Lipinski definition) is 2. The molecule has 0 bridgehead atoms. The molecule has 1 aliphatic rings. The average molecular weight is 435 g/mol. The highest BCUT2D eigenvalue weighted by molar-refractivity contribution is 5.84. The SMILES string of the molecule is COc1cccc2nc(-c3cc(-c4cn(C5CCN(C)CC5)nc4CO)cnc3N)oc12. The number of piperidine rings is 1. The van der Waals surface area contributed by atoms with Gasteiger partial charge in [0.1, 0.15) is 11.3 Å². The number of pyridine rings is 1. The molecule has 0 atom stereocenters. The first-order valence-corrected chi connectivity index (χ1v) is 10.6. The number of hydrogen-bond acceptors (Lipinski definition) is 8. The van der Waals surface area contributed by atoms with E-state index in [1.807, 2.05) is 35.1 Å². The van der Waals surface area contributed by atoms with E-state index in [-0.39, 0.29) is 6.61 Å². The van der Waals surface area contributed by atoms with Gasteiger partial charge in [-0.1, -0.05) is 6.07 Å². The highest BCUT2D eigenvalue weighted by Gasteiger charge is 2.22. The van der Waals surface area contributed by atoms with Crippen LogP contribution in [0.3, 0.4) is 0 Å². The Labute approximate surface area is 185 Å². The fourth-order valence-corrected chi connectivity index (χ4v) is 4.23. The van der Waals surface area contributed by atoms with E-state index >= 15 is 0 Å². The van der Waals surface area contributed by atoms with Crippen LogP contribution >= 0.6 is 0 Å². The first kappa shape index (κ1) is 20.5. The van der Waals surface area contributed by atoms with Gasteiger partial charge in [-0.2, -0.15) is 5.10 Å². The number of aliphatic hydroxyl groups is 1. The Morgan fingerprint density at radius 3 is 2.81 bits per heavy atom. The molecule has 1 saturated heterocycles. The minimum absolute atomic E-state index is 0.158. The largest absolute Gasteiger partial charge is 0.493 e. The second-order valence-electron chi connectivity index (χ2n) is 8.15. The zero-order chi connectivity index (χ0) is 22.2. The third kappa shape index (κ3) is 3.59. The molecular weight excluding hydrogens is 408 g/mol. The van der Waals surface area contributed by atoms with Crippen LogP contribution in [0.5, 0.6) is 5.75 Å². The van der Waals surface area contributed by atoms with E-state index in [9.17, 15) is 5.11 Å². The topological polar surface area (TPSA) is 115 Å². The number of likely N-dealkylation sites (tertiary alicyclic amines) is 1. The van der Waals surface area contributed by atoms with Crippen LogP contribution in [0.4, 0.5) is 5.82 Å². The van der Waals surface area contributed by atoms with Crippen molar-refractivity contribution in [2.24, 2.45) is 0 Å². The predicted molar refractivity (Wildman–Crippen MR) is 121 cm³/mol. The van der Waals surface area contributed by atoms with Gasteiger partial charge in [0.2, 0.25) is 5.89 Å². The maximum Gasteiger partial charge on any atom is 0.231 e. The van der Waals surface area contributed by atoms with Crippen molar-refractivity contribution >= 4 is 16.9 Å². The third-order valence-corrected chi connectivity index (χ3v) is 6.08. The number of fused-ring (bicyclic) bond motifs is 1. The number of rotatable bonds is 5. The number of ether oxygens (including phenoxy) is 1. The third-order valence-electron chi connectivity index (χ3n) is 6.08. The summed E-state index contributed by atoms with van der Waals surface area (Å²) < 4.78 is 13.3. The molecule has 0 spiro atoms. The van der Waals surface area contributed by atoms with Gasteiger partial charge in [0.05, 0.1) is 31.0 Å². The number of nitrogens with zero attached hydrogens (tertiary/aromatic N) is 5. The van der Waals surface area contributed by atoms with E-state index in [0.29, 0.717) is 45.9 Å². The normalized spacial score (nSPS) is 15.5. The molecule has 166 valence electrons. The summed E-state index contributed by atoms with van der Waals surface area (Å²) in [5.74, 6) is 1.28. The average Bonchev–Trinajstić information content (AvgIpc) is 3.44. The number of methoxy groups -OCH3 is 1. The molecule has 1 aliphatic heterocycles. The van der Waals surface area contributed by atoms with Gasteiger partial charge < -0.3 is 24.9 Å². The smallest absolute Gasteiger partial charge is 0.231 e. The van der Waals surface area contributed by atoms with Crippen molar-refractivity contribution < 1.29 is 14.3 Å². The van der Waals surface area contributed by atoms with E-state index in [4.69, 9.17) is 14.9 Å². The number of aromatic nitrogens is 4. The second kappa shape index (κ2) is 8.25. The van der Waals surface area contributed by atoms with E-state index in [2.05, 4.69) is 27.0 Å². The molecule has 0 radical (unpaired) electrons. The van der Waals surface area contributed by atoms with Crippen molar-refractivity contribution in [3.63, 3.8) is 0 Å². The number of anilines is 1. The molecule has 9 nitrogen and oxygen atoms in total. The van der Waals surface area contributed by atoms with Gasteiger partial charge in [-0.25, -0.2) is 9.97 Å². The molecule has 3 aromatic heterocycles. The fraction of sp³-hybridized carbons (Fsp3) is 0.348. The van der Waals surface area contributed by atoms with Crippen LogP contribution in [0.1, 0.15) is 24.6 Å². The molecule has 0 saturated carbocycles. The van der Waals surface area contributed by atoms with E-state index in [1.165, 1.54) is 0 Å². The lowest BCUT2D eigenvalue weighted by Crippen LogP contribution is -2.31. The Hall–Kier alpha value is -3.43. The zero-order valence-electron chi connectivity index (χ0n) is 18.2. The molecule has 0 unspecified atom stereocenters. The van der Waals surface area contributed by atoms with Crippen LogP contribution in [0.2, 0.25) is 0 Å². The Morgan fingerprint density at radius 2 is 2.06 bits per heavy atom. The lowest BCUT2D eigenvalue weighted by molar-refractivity contribution is 0.210. The first-order chi connectivity index (χ1) is 15.6. The molecule has 3 N–H and O–H groups in total. The van der Waals surface area contributed by atoms with Crippen molar-refractivity contribution in [1.29, 1.82) is 0 Å². The van der Waals surface area contributed by atoms with Crippen LogP contribution < -0.4 is 10.5 Å². The summed E-state index contributed by atoms with van der Waals surface area (Å²) in [5, 5.41) is 14.6.